The molecule has 23 aromatic rings. The zero-order chi connectivity index (χ0) is 98.2. The zero-order valence-electron chi connectivity index (χ0n) is 84.1. The Morgan fingerprint density at radius 3 is 0.972 bits per heavy atom. The molecule has 0 fully saturated rings. The summed E-state index contributed by atoms with van der Waals surface area (Å²) in [7, 11) is 0. The number of hydrogen-bond acceptors (Lipinski definition) is 6. The van der Waals surface area contributed by atoms with E-state index in [-0.39, 0.29) is 37.9 Å². The second-order valence-corrected chi connectivity index (χ2v) is 44.8. The fourth-order valence-electron chi connectivity index (χ4n) is 24.6. The molecule has 2 aromatic heterocycles. The molecule has 0 saturated carbocycles. The van der Waals surface area contributed by atoms with Gasteiger partial charge in [0.2, 0.25) is 0 Å². The van der Waals surface area contributed by atoms with Gasteiger partial charge in [0.15, 0.2) is 17.5 Å². The fraction of sp³-hybridized carbons (Fsp3) is 0.152. The third kappa shape index (κ3) is 14.0. The van der Waals surface area contributed by atoms with Gasteiger partial charge < -0.3 is 9.80 Å². The highest BCUT2D eigenvalue weighted by Gasteiger charge is 2.50. The molecule has 0 unspecified atom stereocenters. The van der Waals surface area contributed by atoms with Gasteiger partial charge in [-0.1, -0.05) is 431 Å². The maximum atomic E-state index is 4.98. The summed E-state index contributed by atoms with van der Waals surface area (Å²) in [5.41, 5.74) is 34.2. The molecular weight excluding hydrogens is 1760 g/mol. The smallest absolute Gasteiger partial charge is 0.164 e. The minimum atomic E-state index is -0.0652. The van der Waals surface area contributed by atoms with E-state index in [1.807, 2.05) is 72.0 Å². The van der Waals surface area contributed by atoms with Gasteiger partial charge in [-0.3, -0.25) is 0 Å². The van der Waals surface area contributed by atoms with Crippen molar-refractivity contribution in [3.8, 4) is 89.8 Å². The molecule has 6 heteroatoms. The lowest BCUT2D eigenvalue weighted by molar-refractivity contribution is 0.299. The van der Waals surface area contributed by atoms with Crippen molar-refractivity contribution in [2.45, 2.75) is 135 Å². The number of fused-ring (bicyclic) bond motifs is 27. The van der Waals surface area contributed by atoms with E-state index in [1.165, 1.54) is 180 Å². The van der Waals surface area contributed by atoms with Gasteiger partial charge in [0.1, 0.15) is 0 Å². The highest BCUT2D eigenvalue weighted by atomic mass is 32.1. The molecule has 21 aromatic carbocycles. The van der Waals surface area contributed by atoms with Crippen LogP contribution in [0.25, 0.3) is 175 Å². The van der Waals surface area contributed by atoms with Crippen LogP contribution in [0.15, 0.2) is 431 Å². The second kappa shape index (κ2) is 33.6. The van der Waals surface area contributed by atoms with Crippen molar-refractivity contribution in [2.75, 3.05) is 9.80 Å². The van der Waals surface area contributed by atoms with Gasteiger partial charge in [0, 0.05) is 76.4 Å². The van der Waals surface area contributed by atoms with Gasteiger partial charge in [-0.15, -0.1) is 11.3 Å². The summed E-state index contributed by atoms with van der Waals surface area (Å²) in [5.74, 6) is 1.98. The Balaban J connectivity index is 0.000000113. The molecule has 144 heavy (non-hydrogen) atoms. The van der Waals surface area contributed by atoms with E-state index in [1.54, 1.807) is 0 Å². The first kappa shape index (κ1) is 89.4. The van der Waals surface area contributed by atoms with Crippen LogP contribution in [-0.4, -0.2) is 15.0 Å². The Morgan fingerprint density at radius 1 is 0.181 bits per heavy atom. The van der Waals surface area contributed by atoms with Crippen LogP contribution < -0.4 is 9.80 Å². The molecule has 2 heterocycles. The number of anilines is 6. The van der Waals surface area contributed by atoms with Gasteiger partial charge in [0.25, 0.3) is 0 Å². The number of nitrogens with zero attached hydrogens (tertiary/aromatic N) is 5. The summed E-state index contributed by atoms with van der Waals surface area (Å²) < 4.78 is 2.65. The van der Waals surface area contributed by atoms with Crippen LogP contribution in [0.1, 0.15) is 141 Å². The van der Waals surface area contributed by atoms with Crippen LogP contribution in [-0.2, 0) is 37.9 Å². The van der Waals surface area contributed by atoms with Gasteiger partial charge in [-0.05, 0) is 294 Å². The van der Waals surface area contributed by atoms with Crippen LogP contribution >= 0.6 is 11.3 Å². The number of para-hydroxylation sites is 2. The summed E-state index contributed by atoms with van der Waals surface area (Å²) in [5, 5.41) is 18.1. The first-order chi connectivity index (χ1) is 69.7. The molecule has 4 aliphatic rings. The van der Waals surface area contributed by atoms with E-state index in [0.29, 0.717) is 17.5 Å². The lowest BCUT2D eigenvalue weighted by atomic mass is 9.55. The molecule has 27 rings (SSSR count). The highest BCUT2D eigenvalue weighted by Crippen LogP contribution is 2.62. The molecule has 696 valence electrons. The largest absolute Gasteiger partial charge is 0.310 e. The number of benzene rings is 21. The molecule has 0 bridgehead atoms. The maximum Gasteiger partial charge on any atom is 0.164 e. The van der Waals surface area contributed by atoms with E-state index in [0.717, 1.165) is 56.3 Å². The standard InChI is InChI=1S/C47H37N3.C47H41N.C44H35NS/c1-46(2)39-21-12-11-20-38(39)42-40(47(46,3)4)27-25-30-22-23-35-28-34(24-26-37(35)41(30)42)33-18-13-19-36(29-33)45-49-43(31-14-7-5-8-15-31)48-44(50-45)32-16-9-6-10-17-32;1-45(2)39-18-12-10-16-36(39)37-26-24-34(29-42(37)45)48(32-14-8-7-9-15-32)33-23-25-35-31(28-33)21-20-30-22-27-41-44(43(30)35)38-17-11-13-19-40(38)46(3,4)47(41,5)6;1-43(2)37-16-10-8-15-35(37)42-38(44(43,3)4)24-20-28-18-19-29-26-31(21-23-33(29)41(28)42)45(30-12-6-5-7-13-30)32-22-25-40-36(27-32)34-14-9-11-17-39(34)46-40/h5-29H,1-4H3;7-29H,1-6H3;5-27H,1-4H3. The quantitative estimate of drug-likeness (QED) is 0.128. The molecular formula is C138H113N5S. The highest BCUT2D eigenvalue weighted by molar-refractivity contribution is 7.25. The number of aromatic nitrogens is 3. The van der Waals surface area contributed by atoms with Crippen LogP contribution in [0.2, 0.25) is 0 Å². The first-order valence-corrected chi connectivity index (χ1v) is 51.7. The van der Waals surface area contributed by atoms with Crippen LogP contribution in [0.5, 0.6) is 0 Å². The van der Waals surface area contributed by atoms with E-state index in [9.17, 15) is 0 Å². The van der Waals surface area contributed by atoms with Crippen molar-refractivity contribution in [1.29, 1.82) is 0 Å². The van der Waals surface area contributed by atoms with Gasteiger partial charge in [0.05, 0.1) is 0 Å². The molecule has 0 amide bonds. The van der Waals surface area contributed by atoms with Gasteiger partial charge in [-0.2, -0.15) is 0 Å². The molecule has 0 atom stereocenters. The molecule has 0 spiro atoms. The van der Waals surface area contributed by atoms with Crippen molar-refractivity contribution < 1.29 is 0 Å². The average molecular weight is 1870 g/mol. The number of hydrogen-bond donors (Lipinski definition) is 0. The Labute approximate surface area is 848 Å². The van der Waals surface area contributed by atoms with Crippen LogP contribution in [0.4, 0.5) is 34.1 Å². The Bertz CT molecular complexity index is 9120. The molecule has 0 N–H and O–H groups in total. The minimum Gasteiger partial charge on any atom is -0.310 e. The van der Waals surface area contributed by atoms with Crippen molar-refractivity contribution in [1.82, 2.24) is 15.0 Å². The normalized spacial score (nSPS) is 15.1. The van der Waals surface area contributed by atoms with Gasteiger partial charge >= 0.3 is 0 Å². The third-order valence-electron chi connectivity index (χ3n) is 34.4. The fourth-order valence-corrected chi connectivity index (χ4v) is 25.7. The number of rotatable bonds is 10. The lowest BCUT2D eigenvalue weighted by Crippen LogP contribution is -2.43. The summed E-state index contributed by atoms with van der Waals surface area (Å²) in [6.45, 7) is 33.6. The summed E-state index contributed by atoms with van der Waals surface area (Å²) in [6, 6.07) is 158. The zero-order valence-corrected chi connectivity index (χ0v) is 85.0. The minimum absolute atomic E-state index is 0.00397. The second-order valence-electron chi connectivity index (χ2n) is 43.7. The van der Waals surface area contributed by atoms with Crippen molar-refractivity contribution >= 4 is 130 Å². The Kier molecular flexibility index (Phi) is 20.8. The summed E-state index contributed by atoms with van der Waals surface area (Å²) >= 11 is 1.86. The Morgan fingerprint density at radius 2 is 0.500 bits per heavy atom. The molecule has 5 nitrogen and oxygen atoms in total. The topological polar surface area (TPSA) is 45.2 Å². The summed E-state index contributed by atoms with van der Waals surface area (Å²) in [4.78, 5) is 19.7. The lowest BCUT2D eigenvalue weighted by Gasteiger charge is -2.48. The van der Waals surface area contributed by atoms with E-state index in [4.69, 9.17) is 15.0 Å². The summed E-state index contributed by atoms with van der Waals surface area (Å²) in [6.07, 6.45) is 0. The van der Waals surface area contributed by atoms with Gasteiger partial charge in [-0.25, -0.2) is 15.0 Å². The first-order valence-electron chi connectivity index (χ1n) is 50.8. The molecule has 0 aliphatic heterocycles. The average Bonchev–Trinajstić information content (AvgIpc) is 0.877. The van der Waals surface area contributed by atoms with E-state index >= 15 is 0 Å². The third-order valence-corrected chi connectivity index (χ3v) is 35.6. The van der Waals surface area contributed by atoms with Crippen molar-refractivity contribution in [2.24, 2.45) is 0 Å². The monoisotopic (exact) mass is 1870 g/mol. The predicted molar refractivity (Wildman–Crippen MR) is 614 cm³/mol. The van der Waals surface area contributed by atoms with E-state index < -0.39 is 0 Å². The van der Waals surface area contributed by atoms with Crippen LogP contribution in [0.3, 0.4) is 0 Å². The SMILES string of the molecule is CC1(C)c2ccccc2-c2c(ccc3ccc4cc(-c5cccc(-c6nc(-c7ccccc7)nc(-c7ccccc7)n6)c5)ccc4c23)C1(C)C.CC1(C)c2ccccc2-c2c(ccc3ccc4cc(N(c5ccccc5)c5ccc6sc7ccccc7c6c5)ccc4c23)C1(C)C.CC1(C)c2ccccc2-c2ccc(N(c3ccccc3)c3ccc4c(ccc5ccc6c(c54)-c4ccccc4C(C)(C)C6(C)C)c3)cc21. The molecule has 0 radical (unpaired) electrons. The maximum absolute atomic E-state index is 4.98. The van der Waals surface area contributed by atoms with Crippen LogP contribution in [0, 0.1) is 0 Å². The number of thiophene rings is 1. The molecule has 0 saturated heterocycles. The Hall–Kier alpha value is -16.0. The van der Waals surface area contributed by atoms with Crippen molar-refractivity contribution in [3.63, 3.8) is 0 Å². The van der Waals surface area contributed by atoms with Crippen molar-refractivity contribution in [3.05, 3.63) is 475 Å². The van der Waals surface area contributed by atoms with E-state index in [2.05, 4.69) is 477 Å². The molecule has 4 aliphatic carbocycles. The predicted octanol–water partition coefficient (Wildman–Crippen LogP) is 38.2.